The molecule has 0 saturated heterocycles. The maximum Gasteiger partial charge on any atom is 0.123 e. The maximum absolute atomic E-state index is 5.71. The fourth-order valence-corrected chi connectivity index (χ4v) is 1.43. The van der Waals surface area contributed by atoms with Gasteiger partial charge >= 0.3 is 0 Å². The first-order valence-electron chi connectivity index (χ1n) is 5.19. The molecule has 78 valence electrons. The van der Waals surface area contributed by atoms with Crippen molar-refractivity contribution in [3.63, 3.8) is 0 Å². The average Bonchev–Trinajstić information content (AvgIpc) is 3.00. The first-order valence-corrected chi connectivity index (χ1v) is 5.98. The second-order valence-corrected chi connectivity index (χ2v) is 4.03. The molecular weight excluding hydrogens is 240 g/mol. The van der Waals surface area contributed by atoms with Gasteiger partial charge in [-0.25, -0.2) is 0 Å². The van der Waals surface area contributed by atoms with Crippen LogP contribution in [-0.4, -0.2) is 6.10 Å². The molecule has 2 rings (SSSR count). The zero-order valence-electron chi connectivity index (χ0n) is 9.01. The van der Waals surface area contributed by atoms with Gasteiger partial charge in [0.1, 0.15) is 5.75 Å². The quantitative estimate of drug-likeness (QED) is 0.766. The van der Waals surface area contributed by atoms with Crippen molar-refractivity contribution in [2.45, 2.75) is 39.7 Å². The lowest BCUT2D eigenvalue weighted by molar-refractivity contribution is 0.301. The topological polar surface area (TPSA) is 9.23 Å². The van der Waals surface area contributed by atoms with E-state index in [1.54, 1.807) is 0 Å². The van der Waals surface area contributed by atoms with Crippen LogP contribution in [0.4, 0.5) is 0 Å². The highest BCUT2D eigenvalue weighted by Gasteiger charge is 2.24. The molecule has 0 unspecified atom stereocenters. The second kappa shape index (κ2) is 5.40. The van der Waals surface area contributed by atoms with Crippen LogP contribution in [0.15, 0.2) is 22.7 Å². The van der Waals surface area contributed by atoms with Crippen LogP contribution in [-0.2, 0) is 0 Å². The molecule has 0 amide bonds. The van der Waals surface area contributed by atoms with Gasteiger partial charge in [-0.3, -0.25) is 0 Å². The third kappa shape index (κ3) is 3.02. The van der Waals surface area contributed by atoms with E-state index in [9.17, 15) is 0 Å². The van der Waals surface area contributed by atoms with Gasteiger partial charge in [-0.2, -0.15) is 0 Å². The van der Waals surface area contributed by atoms with E-state index >= 15 is 0 Å². The van der Waals surface area contributed by atoms with E-state index in [4.69, 9.17) is 4.74 Å². The molecule has 0 radical (unpaired) electrons. The van der Waals surface area contributed by atoms with E-state index in [1.165, 1.54) is 18.4 Å². The molecule has 2 heteroatoms. The molecule has 0 bridgehead atoms. The number of halogens is 1. The van der Waals surface area contributed by atoms with E-state index in [1.807, 2.05) is 32.0 Å². The van der Waals surface area contributed by atoms with Crippen LogP contribution in [0.3, 0.4) is 0 Å². The molecule has 1 aromatic carbocycles. The summed E-state index contributed by atoms with van der Waals surface area (Å²) >= 11 is 3.48. The molecule has 1 saturated carbocycles. The van der Waals surface area contributed by atoms with E-state index in [0.717, 1.165) is 10.2 Å². The Hall–Kier alpha value is -0.500. The van der Waals surface area contributed by atoms with Crippen molar-refractivity contribution in [2.75, 3.05) is 0 Å². The largest absolute Gasteiger partial charge is 0.490 e. The zero-order valence-corrected chi connectivity index (χ0v) is 10.6. The number of benzene rings is 1. The molecule has 0 heterocycles. The molecule has 14 heavy (non-hydrogen) atoms. The minimum atomic E-state index is 0.484. The van der Waals surface area contributed by atoms with Crippen LogP contribution < -0.4 is 4.74 Å². The van der Waals surface area contributed by atoms with Gasteiger partial charge in [0.25, 0.3) is 0 Å². The fraction of sp³-hybridized carbons (Fsp3) is 0.500. The Morgan fingerprint density at radius 3 is 2.50 bits per heavy atom. The van der Waals surface area contributed by atoms with Crippen LogP contribution in [0.5, 0.6) is 5.75 Å². The van der Waals surface area contributed by atoms with Gasteiger partial charge < -0.3 is 4.74 Å². The number of hydrogen-bond donors (Lipinski definition) is 0. The van der Waals surface area contributed by atoms with Gasteiger partial charge in [0.05, 0.1) is 6.10 Å². The molecule has 1 aliphatic carbocycles. The summed E-state index contributed by atoms with van der Waals surface area (Å²) in [7, 11) is 0. The predicted molar refractivity (Wildman–Crippen MR) is 63.9 cm³/mol. The summed E-state index contributed by atoms with van der Waals surface area (Å²) in [5, 5.41) is 0. The molecule has 0 aromatic heterocycles. The molecule has 1 aliphatic rings. The Bertz CT molecular complexity index is 292. The minimum Gasteiger partial charge on any atom is -0.490 e. The third-order valence-electron chi connectivity index (χ3n) is 2.04. The van der Waals surface area contributed by atoms with Gasteiger partial charge in [-0.1, -0.05) is 35.8 Å². The summed E-state index contributed by atoms with van der Waals surface area (Å²) in [6, 6.07) is 6.07. The fourth-order valence-electron chi connectivity index (χ4n) is 1.08. The molecule has 1 fully saturated rings. The lowest BCUT2D eigenvalue weighted by atomic mass is 10.2. The monoisotopic (exact) mass is 256 g/mol. The molecule has 1 nitrogen and oxygen atoms in total. The number of ether oxygens (including phenoxy) is 1. The van der Waals surface area contributed by atoms with Crippen LogP contribution in [0.1, 0.15) is 32.3 Å². The van der Waals surface area contributed by atoms with E-state index in [-0.39, 0.29) is 0 Å². The zero-order chi connectivity index (χ0) is 10.6. The average molecular weight is 257 g/mol. The molecule has 1 aromatic rings. The van der Waals surface area contributed by atoms with Crippen molar-refractivity contribution < 1.29 is 4.74 Å². The van der Waals surface area contributed by atoms with Crippen LogP contribution in [0, 0.1) is 6.92 Å². The minimum absolute atomic E-state index is 0.484. The van der Waals surface area contributed by atoms with E-state index in [0.29, 0.717) is 6.10 Å². The van der Waals surface area contributed by atoms with Crippen molar-refractivity contribution in [3.05, 3.63) is 28.2 Å². The predicted octanol–water partition coefficient (Wildman–Crippen LogP) is 4.32. The Labute approximate surface area is 94.6 Å². The summed E-state index contributed by atoms with van der Waals surface area (Å²) in [5.41, 5.74) is 1.20. The standard InChI is InChI=1S/C10H11BrO.C2H6/c1-7-9(11)3-2-4-10(7)12-8-5-6-8;1-2/h2-4,8H,5-6H2,1H3;1-2H3. The molecular formula is C12H17BrO. The van der Waals surface area contributed by atoms with Crippen molar-refractivity contribution in [1.29, 1.82) is 0 Å². The van der Waals surface area contributed by atoms with Crippen LogP contribution >= 0.6 is 15.9 Å². The summed E-state index contributed by atoms with van der Waals surface area (Å²) in [4.78, 5) is 0. The van der Waals surface area contributed by atoms with Crippen LogP contribution in [0.2, 0.25) is 0 Å². The molecule has 0 atom stereocenters. The Morgan fingerprint density at radius 1 is 1.29 bits per heavy atom. The lowest BCUT2D eigenvalue weighted by Gasteiger charge is -2.08. The maximum atomic E-state index is 5.71. The highest BCUT2D eigenvalue weighted by atomic mass is 79.9. The Morgan fingerprint density at radius 2 is 1.93 bits per heavy atom. The normalized spacial score (nSPS) is 14.3. The third-order valence-corrected chi connectivity index (χ3v) is 2.90. The highest BCUT2D eigenvalue weighted by Crippen LogP contribution is 2.31. The summed E-state index contributed by atoms with van der Waals surface area (Å²) in [6.07, 6.45) is 2.91. The Kier molecular flexibility index (Phi) is 4.46. The van der Waals surface area contributed by atoms with Gasteiger partial charge in [-0.15, -0.1) is 0 Å². The van der Waals surface area contributed by atoms with Gasteiger partial charge in [-0.05, 0) is 31.9 Å². The molecule has 0 N–H and O–H groups in total. The number of hydrogen-bond acceptors (Lipinski definition) is 1. The first kappa shape index (κ1) is 11.6. The lowest BCUT2D eigenvalue weighted by Crippen LogP contribution is -1.97. The summed E-state index contributed by atoms with van der Waals surface area (Å²) in [5.74, 6) is 1.02. The number of rotatable bonds is 2. The summed E-state index contributed by atoms with van der Waals surface area (Å²) in [6.45, 7) is 6.07. The Balaban J connectivity index is 0.000000461. The van der Waals surface area contributed by atoms with Crippen molar-refractivity contribution in [2.24, 2.45) is 0 Å². The van der Waals surface area contributed by atoms with Gasteiger partial charge in [0.15, 0.2) is 0 Å². The summed E-state index contributed by atoms with van der Waals surface area (Å²) < 4.78 is 6.83. The smallest absolute Gasteiger partial charge is 0.123 e. The molecule has 0 aliphatic heterocycles. The van der Waals surface area contributed by atoms with Crippen molar-refractivity contribution in [3.8, 4) is 5.75 Å². The van der Waals surface area contributed by atoms with Gasteiger partial charge in [0.2, 0.25) is 0 Å². The van der Waals surface area contributed by atoms with E-state index < -0.39 is 0 Å². The van der Waals surface area contributed by atoms with Gasteiger partial charge in [0, 0.05) is 10.0 Å². The van der Waals surface area contributed by atoms with Crippen molar-refractivity contribution >= 4 is 15.9 Å². The second-order valence-electron chi connectivity index (χ2n) is 3.18. The van der Waals surface area contributed by atoms with Crippen LogP contribution in [0.25, 0.3) is 0 Å². The van der Waals surface area contributed by atoms with E-state index in [2.05, 4.69) is 22.9 Å². The highest BCUT2D eigenvalue weighted by molar-refractivity contribution is 9.10. The SMILES string of the molecule is CC.Cc1c(Br)cccc1OC1CC1. The molecule has 0 spiro atoms. The van der Waals surface area contributed by atoms with Crippen molar-refractivity contribution in [1.82, 2.24) is 0 Å². The first-order chi connectivity index (χ1) is 6.77.